The number of hydrazine groups is 1. The maximum Gasteiger partial charge on any atom is 0.256 e. The molecule has 1 aliphatic rings. The number of aryl methyl sites for hydroxylation is 1. The van der Waals surface area contributed by atoms with Crippen LogP contribution in [-0.2, 0) is 0 Å². The molecule has 5 nitrogen and oxygen atoms in total. The van der Waals surface area contributed by atoms with Gasteiger partial charge in [0.25, 0.3) is 5.91 Å². The lowest BCUT2D eigenvalue weighted by molar-refractivity contribution is 0.0654. The summed E-state index contributed by atoms with van der Waals surface area (Å²) in [4.78, 5) is 14.5. The van der Waals surface area contributed by atoms with E-state index in [9.17, 15) is 4.79 Å². The van der Waals surface area contributed by atoms with E-state index in [1.165, 1.54) is 0 Å². The standard InChI is InChI=1S/C15H23N3O2/c1-11-4-5-14(17-16)13(9-11)15(20)18-7-2-3-12(10-18)6-8-19/h4-5,9,12,17,19H,2-3,6-8,10,16H2,1H3. The molecule has 20 heavy (non-hydrogen) atoms. The van der Waals surface area contributed by atoms with Crippen molar-refractivity contribution in [3.05, 3.63) is 29.3 Å². The van der Waals surface area contributed by atoms with Crippen molar-refractivity contribution in [3.8, 4) is 0 Å². The summed E-state index contributed by atoms with van der Waals surface area (Å²) in [5.41, 5.74) is 4.91. The smallest absolute Gasteiger partial charge is 0.256 e. The van der Waals surface area contributed by atoms with Gasteiger partial charge in [-0.15, -0.1) is 0 Å². The molecule has 1 unspecified atom stereocenters. The second-order valence-electron chi connectivity index (χ2n) is 5.47. The molecule has 0 aliphatic carbocycles. The molecular formula is C15H23N3O2. The monoisotopic (exact) mass is 277 g/mol. The Hall–Kier alpha value is -1.59. The van der Waals surface area contributed by atoms with Crippen LogP contribution in [0, 0.1) is 12.8 Å². The number of amides is 1. The number of hydrogen-bond donors (Lipinski definition) is 3. The molecule has 1 saturated heterocycles. The zero-order valence-corrected chi connectivity index (χ0v) is 11.9. The number of carbonyl (C=O) groups is 1. The number of nitrogens with zero attached hydrogens (tertiary/aromatic N) is 1. The van der Waals surface area contributed by atoms with Gasteiger partial charge in [-0.3, -0.25) is 10.6 Å². The molecule has 1 aromatic rings. The van der Waals surface area contributed by atoms with Gasteiger partial charge in [0, 0.05) is 19.7 Å². The van der Waals surface area contributed by atoms with Gasteiger partial charge in [-0.1, -0.05) is 11.6 Å². The number of benzene rings is 1. The molecule has 5 heteroatoms. The third-order valence-electron chi connectivity index (χ3n) is 3.90. The lowest BCUT2D eigenvalue weighted by Crippen LogP contribution is -2.40. The van der Waals surface area contributed by atoms with E-state index in [0.717, 1.165) is 37.9 Å². The molecule has 0 radical (unpaired) electrons. The second kappa shape index (κ2) is 6.72. The number of anilines is 1. The van der Waals surface area contributed by atoms with Crippen molar-refractivity contribution < 1.29 is 9.90 Å². The summed E-state index contributed by atoms with van der Waals surface area (Å²) in [5, 5.41) is 9.05. The molecule has 110 valence electrons. The van der Waals surface area contributed by atoms with E-state index in [-0.39, 0.29) is 12.5 Å². The Morgan fingerprint density at radius 1 is 1.55 bits per heavy atom. The largest absolute Gasteiger partial charge is 0.396 e. The topological polar surface area (TPSA) is 78.6 Å². The predicted octanol–water partition coefficient (Wildman–Crippen LogP) is 1.52. The molecule has 0 spiro atoms. The zero-order valence-electron chi connectivity index (χ0n) is 11.9. The van der Waals surface area contributed by atoms with E-state index in [1.807, 2.05) is 30.0 Å². The lowest BCUT2D eigenvalue weighted by atomic mass is 9.94. The van der Waals surface area contributed by atoms with Crippen molar-refractivity contribution in [3.63, 3.8) is 0 Å². The Labute approximate surface area is 119 Å². The second-order valence-corrected chi connectivity index (χ2v) is 5.47. The van der Waals surface area contributed by atoms with E-state index in [4.69, 9.17) is 10.9 Å². The third kappa shape index (κ3) is 3.29. The number of rotatable bonds is 4. The first-order chi connectivity index (χ1) is 9.65. The van der Waals surface area contributed by atoms with E-state index in [0.29, 0.717) is 17.2 Å². The van der Waals surface area contributed by atoms with Gasteiger partial charge in [0.1, 0.15) is 0 Å². The average molecular weight is 277 g/mol. The molecule has 1 amide bonds. The predicted molar refractivity (Wildman–Crippen MR) is 79.3 cm³/mol. The number of piperidine rings is 1. The zero-order chi connectivity index (χ0) is 14.5. The Kier molecular flexibility index (Phi) is 4.98. The van der Waals surface area contributed by atoms with Crippen LogP contribution in [0.5, 0.6) is 0 Å². The first-order valence-electron chi connectivity index (χ1n) is 7.13. The molecule has 1 atom stereocenters. The molecule has 1 aliphatic heterocycles. The Morgan fingerprint density at radius 3 is 3.05 bits per heavy atom. The first kappa shape index (κ1) is 14.8. The van der Waals surface area contributed by atoms with Crippen LogP contribution < -0.4 is 11.3 Å². The fraction of sp³-hybridized carbons (Fsp3) is 0.533. The average Bonchev–Trinajstić information content (AvgIpc) is 2.47. The lowest BCUT2D eigenvalue weighted by Gasteiger charge is -2.33. The maximum absolute atomic E-state index is 12.6. The number of nitrogens with one attached hydrogen (secondary N) is 1. The van der Waals surface area contributed by atoms with Gasteiger partial charge in [0.2, 0.25) is 0 Å². The van der Waals surface area contributed by atoms with Crippen molar-refractivity contribution in [1.29, 1.82) is 0 Å². The van der Waals surface area contributed by atoms with Crippen molar-refractivity contribution in [2.45, 2.75) is 26.2 Å². The summed E-state index contributed by atoms with van der Waals surface area (Å²) in [6.07, 6.45) is 2.84. The highest BCUT2D eigenvalue weighted by atomic mass is 16.3. The van der Waals surface area contributed by atoms with E-state index in [1.54, 1.807) is 0 Å². The van der Waals surface area contributed by atoms with Crippen LogP contribution in [0.2, 0.25) is 0 Å². The van der Waals surface area contributed by atoms with Crippen LogP contribution in [0.25, 0.3) is 0 Å². The first-order valence-corrected chi connectivity index (χ1v) is 7.13. The van der Waals surface area contributed by atoms with Crippen LogP contribution in [0.4, 0.5) is 5.69 Å². The number of nitrogens with two attached hydrogens (primary N) is 1. The normalized spacial score (nSPS) is 18.9. The highest BCUT2D eigenvalue weighted by molar-refractivity contribution is 5.99. The highest BCUT2D eigenvalue weighted by Crippen LogP contribution is 2.24. The molecule has 0 saturated carbocycles. The van der Waals surface area contributed by atoms with Gasteiger partial charge in [-0.25, -0.2) is 0 Å². The van der Waals surface area contributed by atoms with Crippen molar-refractivity contribution in [1.82, 2.24) is 4.90 Å². The van der Waals surface area contributed by atoms with Gasteiger partial charge in [-0.2, -0.15) is 0 Å². The number of aliphatic hydroxyl groups excluding tert-OH is 1. The SMILES string of the molecule is Cc1ccc(NN)c(C(=O)N2CCCC(CCO)C2)c1. The summed E-state index contributed by atoms with van der Waals surface area (Å²) < 4.78 is 0. The highest BCUT2D eigenvalue weighted by Gasteiger charge is 2.25. The van der Waals surface area contributed by atoms with Gasteiger partial charge < -0.3 is 15.4 Å². The number of likely N-dealkylation sites (tertiary alicyclic amines) is 1. The summed E-state index contributed by atoms with van der Waals surface area (Å²) >= 11 is 0. The fourth-order valence-electron chi connectivity index (χ4n) is 2.80. The molecule has 4 N–H and O–H groups in total. The molecule has 1 heterocycles. The third-order valence-corrected chi connectivity index (χ3v) is 3.90. The van der Waals surface area contributed by atoms with Crippen molar-refractivity contribution in [2.24, 2.45) is 11.8 Å². The van der Waals surface area contributed by atoms with Crippen LogP contribution >= 0.6 is 0 Å². The number of nitrogen functional groups attached to an aromatic ring is 1. The molecule has 0 aromatic heterocycles. The van der Waals surface area contributed by atoms with Crippen molar-refractivity contribution in [2.75, 3.05) is 25.1 Å². The van der Waals surface area contributed by atoms with Crippen LogP contribution in [0.3, 0.4) is 0 Å². The molecule has 1 aromatic carbocycles. The Bertz CT molecular complexity index is 474. The maximum atomic E-state index is 12.6. The van der Waals surface area contributed by atoms with Gasteiger partial charge in [-0.05, 0) is 44.2 Å². The molecule has 0 bridgehead atoms. The minimum Gasteiger partial charge on any atom is -0.396 e. The number of carbonyl (C=O) groups excluding carboxylic acids is 1. The van der Waals surface area contributed by atoms with Crippen LogP contribution in [-0.4, -0.2) is 35.6 Å². The molecule has 1 fully saturated rings. The Balaban J connectivity index is 2.16. The van der Waals surface area contributed by atoms with Crippen LogP contribution in [0.1, 0.15) is 35.2 Å². The Morgan fingerprint density at radius 2 is 2.35 bits per heavy atom. The summed E-state index contributed by atoms with van der Waals surface area (Å²) in [7, 11) is 0. The minimum atomic E-state index is 0.0179. The summed E-state index contributed by atoms with van der Waals surface area (Å²) in [6, 6.07) is 5.63. The molecular weight excluding hydrogens is 254 g/mol. The van der Waals surface area contributed by atoms with E-state index < -0.39 is 0 Å². The van der Waals surface area contributed by atoms with E-state index >= 15 is 0 Å². The quantitative estimate of drug-likeness (QED) is 0.576. The molecule has 2 rings (SSSR count). The van der Waals surface area contributed by atoms with Gasteiger partial charge in [0.05, 0.1) is 11.3 Å². The summed E-state index contributed by atoms with van der Waals surface area (Å²) in [6.45, 7) is 3.64. The number of aliphatic hydroxyl groups is 1. The van der Waals surface area contributed by atoms with Crippen molar-refractivity contribution >= 4 is 11.6 Å². The fourth-order valence-corrected chi connectivity index (χ4v) is 2.80. The van der Waals surface area contributed by atoms with E-state index in [2.05, 4.69) is 5.43 Å². The van der Waals surface area contributed by atoms with Gasteiger partial charge >= 0.3 is 0 Å². The van der Waals surface area contributed by atoms with Crippen LogP contribution in [0.15, 0.2) is 18.2 Å². The van der Waals surface area contributed by atoms with Gasteiger partial charge in [0.15, 0.2) is 0 Å². The summed E-state index contributed by atoms with van der Waals surface area (Å²) in [5.74, 6) is 5.91. The number of hydrogen-bond acceptors (Lipinski definition) is 4. The minimum absolute atomic E-state index is 0.0179.